The van der Waals surface area contributed by atoms with Crippen LogP contribution in [-0.2, 0) is 18.8 Å². The van der Waals surface area contributed by atoms with E-state index in [0.29, 0.717) is 41.5 Å². The summed E-state index contributed by atoms with van der Waals surface area (Å²) in [6, 6.07) is 32.9. The number of hydrogen-bond acceptors (Lipinski definition) is 5. The zero-order chi connectivity index (χ0) is 25.2. The Labute approximate surface area is 214 Å². The Morgan fingerprint density at radius 3 is 2.05 bits per heavy atom. The number of benzene rings is 4. The van der Waals surface area contributed by atoms with Gasteiger partial charge in [0.1, 0.15) is 30.8 Å². The lowest BCUT2D eigenvalue weighted by molar-refractivity contribution is 0.0949. The van der Waals surface area contributed by atoms with Gasteiger partial charge in [-0.25, -0.2) is 0 Å². The van der Waals surface area contributed by atoms with Crippen molar-refractivity contribution in [1.29, 1.82) is 5.26 Å². The predicted octanol–water partition coefficient (Wildman–Crippen LogP) is 6.35. The number of H-pyrrole nitrogens is 1. The third-order valence-corrected chi connectivity index (χ3v) is 6.65. The van der Waals surface area contributed by atoms with Crippen LogP contribution in [0.2, 0.25) is 0 Å². The number of nitrogens with one attached hydrogen (secondary N) is 2. The number of ketones is 1. The minimum atomic E-state index is -1.59. The van der Waals surface area contributed by atoms with Gasteiger partial charge in [-0.3, -0.25) is 4.79 Å². The molecule has 37 heavy (non-hydrogen) atoms. The first kappa shape index (κ1) is 22.4. The van der Waals surface area contributed by atoms with Crippen molar-refractivity contribution in [2.45, 2.75) is 18.8 Å². The molecular formula is C31H23N3O3. The number of carbonyl (C=O) groups excluding carboxylic acids is 1. The molecule has 0 aliphatic carbocycles. The molecule has 1 aliphatic rings. The molecule has 1 unspecified atom stereocenters. The summed E-state index contributed by atoms with van der Waals surface area (Å²) < 4.78 is 12.2. The van der Waals surface area contributed by atoms with Crippen LogP contribution in [0.3, 0.4) is 0 Å². The summed E-state index contributed by atoms with van der Waals surface area (Å²) in [4.78, 5) is 17.0. The summed E-state index contributed by atoms with van der Waals surface area (Å²) in [6.07, 6.45) is 1.71. The maximum absolute atomic E-state index is 13.7. The van der Waals surface area contributed by atoms with Crippen molar-refractivity contribution in [3.63, 3.8) is 0 Å². The number of nitrogens with zero attached hydrogens (tertiary/aromatic N) is 1. The Bertz CT molecular complexity index is 1640. The number of rotatable bonds is 7. The van der Waals surface area contributed by atoms with Crippen molar-refractivity contribution in [3.05, 3.63) is 126 Å². The van der Waals surface area contributed by atoms with Crippen LogP contribution in [0, 0.1) is 11.3 Å². The predicted molar refractivity (Wildman–Crippen MR) is 142 cm³/mol. The molecule has 6 heteroatoms. The summed E-state index contributed by atoms with van der Waals surface area (Å²) in [6.45, 7) is 0.754. The number of carbonyl (C=O) groups is 1. The number of aromatic amines is 1. The molecule has 6 rings (SSSR count). The van der Waals surface area contributed by atoms with E-state index in [2.05, 4.69) is 16.4 Å². The average Bonchev–Trinajstić information content (AvgIpc) is 3.52. The van der Waals surface area contributed by atoms with Crippen LogP contribution in [0.4, 0.5) is 5.69 Å². The zero-order valence-electron chi connectivity index (χ0n) is 19.9. The van der Waals surface area contributed by atoms with E-state index >= 15 is 0 Å². The molecule has 2 heterocycles. The van der Waals surface area contributed by atoms with Gasteiger partial charge in [-0.05, 0) is 29.3 Å². The van der Waals surface area contributed by atoms with Gasteiger partial charge in [0, 0.05) is 22.7 Å². The molecule has 180 valence electrons. The molecule has 1 aliphatic heterocycles. The summed E-state index contributed by atoms with van der Waals surface area (Å²) in [5.74, 6) is 0.862. The Balaban J connectivity index is 1.33. The molecule has 1 atom stereocenters. The molecule has 4 aromatic carbocycles. The Kier molecular flexibility index (Phi) is 5.59. The quantitative estimate of drug-likeness (QED) is 0.280. The lowest BCUT2D eigenvalue weighted by Gasteiger charge is -2.20. The van der Waals surface area contributed by atoms with Gasteiger partial charge in [-0.15, -0.1) is 0 Å². The maximum Gasteiger partial charge on any atom is 0.217 e. The van der Waals surface area contributed by atoms with Gasteiger partial charge in [0.2, 0.25) is 11.3 Å². The minimum absolute atomic E-state index is 0.313. The van der Waals surface area contributed by atoms with E-state index in [0.717, 1.165) is 22.0 Å². The van der Waals surface area contributed by atoms with E-state index in [1.807, 2.05) is 78.9 Å². The molecule has 0 fully saturated rings. The number of fused-ring (bicyclic) bond motifs is 2. The Morgan fingerprint density at radius 1 is 0.757 bits per heavy atom. The van der Waals surface area contributed by atoms with Gasteiger partial charge in [0.05, 0.1) is 11.2 Å². The smallest absolute Gasteiger partial charge is 0.217 e. The molecule has 0 spiro atoms. The zero-order valence-corrected chi connectivity index (χ0v) is 19.9. The Morgan fingerprint density at radius 2 is 1.38 bits per heavy atom. The highest BCUT2D eigenvalue weighted by Crippen LogP contribution is 2.46. The number of hydrogen-bond donors (Lipinski definition) is 2. The summed E-state index contributed by atoms with van der Waals surface area (Å²) in [7, 11) is 0. The first-order chi connectivity index (χ1) is 18.2. The third kappa shape index (κ3) is 3.87. The van der Waals surface area contributed by atoms with E-state index in [1.54, 1.807) is 24.4 Å². The average molecular weight is 486 g/mol. The van der Waals surface area contributed by atoms with E-state index in [1.165, 1.54) is 0 Å². The summed E-state index contributed by atoms with van der Waals surface area (Å²) in [5, 5.41) is 14.4. The van der Waals surface area contributed by atoms with E-state index in [4.69, 9.17) is 9.47 Å². The topological polar surface area (TPSA) is 87.1 Å². The SMILES string of the molecule is N#CC1(c2c[nH]c3c(OCc4ccccc4)cccc23)Nc2c(OCc3ccccc3)cccc2C1=O. The van der Waals surface area contributed by atoms with Crippen LogP contribution in [0.5, 0.6) is 11.5 Å². The second kappa shape index (κ2) is 9.21. The standard InChI is InChI=1S/C31H23N3O3/c32-20-31(25-17-33-28-23(25)13-7-15-26(28)36-18-21-9-3-1-4-10-21)30(35)24-14-8-16-27(29(24)34-31)37-19-22-11-5-2-6-12-22/h1-17,33-34H,18-19H2. The second-order valence-corrected chi connectivity index (χ2v) is 8.92. The third-order valence-electron chi connectivity index (χ3n) is 6.65. The van der Waals surface area contributed by atoms with Gasteiger partial charge in [0.25, 0.3) is 0 Å². The number of nitriles is 1. The number of para-hydroxylation sites is 2. The van der Waals surface area contributed by atoms with Gasteiger partial charge in [-0.2, -0.15) is 5.26 Å². The van der Waals surface area contributed by atoms with Crippen LogP contribution in [0.15, 0.2) is 103 Å². The van der Waals surface area contributed by atoms with Crippen LogP contribution in [0.25, 0.3) is 10.9 Å². The minimum Gasteiger partial charge on any atom is -0.487 e. The fraction of sp³-hybridized carbons (Fsp3) is 0.0968. The molecule has 5 aromatic rings. The van der Waals surface area contributed by atoms with Crippen molar-refractivity contribution < 1.29 is 14.3 Å². The lowest BCUT2D eigenvalue weighted by Crippen LogP contribution is -2.36. The van der Waals surface area contributed by atoms with Gasteiger partial charge >= 0.3 is 0 Å². The van der Waals surface area contributed by atoms with Crippen LogP contribution < -0.4 is 14.8 Å². The molecule has 0 radical (unpaired) electrons. The van der Waals surface area contributed by atoms with Gasteiger partial charge in [0.15, 0.2) is 0 Å². The van der Waals surface area contributed by atoms with Gasteiger partial charge < -0.3 is 19.8 Å². The van der Waals surface area contributed by atoms with Crippen LogP contribution in [-0.4, -0.2) is 10.8 Å². The van der Waals surface area contributed by atoms with Crippen molar-refractivity contribution >= 4 is 22.4 Å². The number of anilines is 1. The van der Waals surface area contributed by atoms with E-state index < -0.39 is 5.54 Å². The molecule has 2 N–H and O–H groups in total. The first-order valence-electron chi connectivity index (χ1n) is 12.0. The molecule has 0 bridgehead atoms. The molecule has 6 nitrogen and oxygen atoms in total. The van der Waals surface area contributed by atoms with Gasteiger partial charge in [-0.1, -0.05) is 78.9 Å². The summed E-state index contributed by atoms with van der Waals surface area (Å²) in [5.41, 5.74) is 2.69. The van der Waals surface area contributed by atoms with E-state index in [-0.39, 0.29) is 5.78 Å². The number of Topliss-reactive ketones (excluding diaryl/α,β-unsaturated/α-hetero) is 1. The largest absolute Gasteiger partial charge is 0.487 e. The Hall–Kier alpha value is -5.02. The highest BCUT2D eigenvalue weighted by atomic mass is 16.5. The monoisotopic (exact) mass is 485 g/mol. The second-order valence-electron chi connectivity index (χ2n) is 8.92. The highest BCUT2D eigenvalue weighted by Gasteiger charge is 2.50. The van der Waals surface area contributed by atoms with Crippen molar-refractivity contribution in [2.75, 3.05) is 5.32 Å². The maximum atomic E-state index is 13.7. The molecule has 0 amide bonds. The normalized spacial score (nSPS) is 16.1. The molecule has 0 saturated carbocycles. The lowest BCUT2D eigenvalue weighted by atomic mass is 9.87. The van der Waals surface area contributed by atoms with Crippen molar-refractivity contribution in [2.24, 2.45) is 0 Å². The van der Waals surface area contributed by atoms with Crippen LogP contribution in [0.1, 0.15) is 27.0 Å². The van der Waals surface area contributed by atoms with Crippen LogP contribution >= 0.6 is 0 Å². The first-order valence-corrected chi connectivity index (χ1v) is 12.0. The van der Waals surface area contributed by atoms with E-state index in [9.17, 15) is 10.1 Å². The number of aromatic nitrogens is 1. The van der Waals surface area contributed by atoms with Crippen molar-refractivity contribution in [1.82, 2.24) is 4.98 Å². The molecule has 0 saturated heterocycles. The fourth-order valence-electron chi connectivity index (χ4n) is 4.77. The molecule has 1 aromatic heterocycles. The van der Waals surface area contributed by atoms with Crippen molar-refractivity contribution in [3.8, 4) is 17.6 Å². The molecular weight excluding hydrogens is 462 g/mol. The fourth-order valence-corrected chi connectivity index (χ4v) is 4.77. The summed E-state index contributed by atoms with van der Waals surface area (Å²) >= 11 is 0. The number of ether oxygens (including phenoxy) is 2. The highest BCUT2D eigenvalue weighted by molar-refractivity contribution is 6.18.